The number of hydrogen-bond donors (Lipinski definition) is 2. The van der Waals surface area contributed by atoms with Crippen LogP contribution in [0.5, 0.6) is 0 Å². The third kappa shape index (κ3) is 2.90. The molecular weight excluding hydrogens is 355 g/mol. The summed E-state index contributed by atoms with van der Waals surface area (Å²) in [5, 5.41) is 1.28. The summed E-state index contributed by atoms with van der Waals surface area (Å²) in [6, 6.07) is 7.29. The molecule has 0 saturated carbocycles. The summed E-state index contributed by atoms with van der Waals surface area (Å²) in [4.78, 5) is 1.09. The largest absolute Gasteiger partial charge is 0.271 e. The number of benzene rings is 1. The Morgan fingerprint density at radius 2 is 2.06 bits per heavy atom. The van der Waals surface area contributed by atoms with E-state index in [0.29, 0.717) is 10.0 Å². The SMILES string of the molecule is Cc1cc(C(NN)c2cc(Cl)ccc2Cl)sc1Br. The molecule has 0 spiro atoms. The van der Waals surface area contributed by atoms with Crippen molar-refractivity contribution in [2.75, 3.05) is 0 Å². The quantitative estimate of drug-likeness (QED) is 0.612. The minimum Gasteiger partial charge on any atom is -0.271 e. The topological polar surface area (TPSA) is 38.0 Å². The zero-order chi connectivity index (χ0) is 13.3. The number of aryl methyl sites for hydroxylation is 1. The van der Waals surface area contributed by atoms with Crippen LogP contribution >= 0.6 is 50.5 Å². The Labute approximate surface area is 128 Å². The highest BCUT2D eigenvalue weighted by molar-refractivity contribution is 9.11. The molecule has 0 bridgehead atoms. The van der Waals surface area contributed by atoms with Crippen LogP contribution in [0.2, 0.25) is 10.0 Å². The van der Waals surface area contributed by atoms with E-state index in [0.717, 1.165) is 14.2 Å². The molecule has 0 aliphatic rings. The number of nitrogens with two attached hydrogens (primary N) is 1. The van der Waals surface area contributed by atoms with Gasteiger partial charge in [-0.25, -0.2) is 5.43 Å². The van der Waals surface area contributed by atoms with Crippen molar-refractivity contribution in [2.45, 2.75) is 13.0 Å². The molecule has 1 heterocycles. The van der Waals surface area contributed by atoms with E-state index in [1.807, 2.05) is 13.0 Å². The first-order chi connectivity index (χ1) is 8.52. The molecule has 6 heteroatoms. The van der Waals surface area contributed by atoms with Gasteiger partial charge in [0.05, 0.1) is 9.83 Å². The van der Waals surface area contributed by atoms with Crippen molar-refractivity contribution in [3.63, 3.8) is 0 Å². The Hall–Kier alpha value is -0.100. The molecule has 1 atom stereocenters. The molecule has 2 rings (SSSR count). The second kappa shape index (κ2) is 5.90. The van der Waals surface area contributed by atoms with Crippen molar-refractivity contribution in [3.8, 4) is 0 Å². The van der Waals surface area contributed by atoms with Gasteiger partial charge in [0, 0.05) is 14.9 Å². The van der Waals surface area contributed by atoms with Crippen molar-refractivity contribution >= 4 is 50.5 Å². The van der Waals surface area contributed by atoms with Crippen LogP contribution in [0.3, 0.4) is 0 Å². The fourth-order valence-corrected chi connectivity index (χ4v) is 3.74. The normalized spacial score (nSPS) is 12.7. The number of hydrazine groups is 1. The highest BCUT2D eigenvalue weighted by Gasteiger charge is 2.19. The molecule has 0 radical (unpaired) electrons. The van der Waals surface area contributed by atoms with Crippen LogP contribution in [-0.4, -0.2) is 0 Å². The minimum atomic E-state index is -0.161. The predicted molar refractivity (Wildman–Crippen MR) is 82.4 cm³/mol. The third-order valence-corrected chi connectivity index (χ3v) is 5.38. The molecule has 0 fully saturated rings. The van der Waals surface area contributed by atoms with Gasteiger partial charge in [0.25, 0.3) is 0 Å². The lowest BCUT2D eigenvalue weighted by molar-refractivity contribution is 0.646. The van der Waals surface area contributed by atoms with Gasteiger partial charge < -0.3 is 0 Å². The van der Waals surface area contributed by atoms with E-state index in [9.17, 15) is 0 Å². The maximum absolute atomic E-state index is 6.20. The van der Waals surface area contributed by atoms with Gasteiger partial charge in [-0.1, -0.05) is 23.2 Å². The highest BCUT2D eigenvalue weighted by atomic mass is 79.9. The Balaban J connectivity index is 2.48. The van der Waals surface area contributed by atoms with E-state index >= 15 is 0 Å². The molecule has 0 aliphatic heterocycles. The standard InChI is InChI=1S/C12H11BrCl2N2S/c1-6-4-10(18-12(6)13)11(17-16)8-5-7(14)2-3-9(8)15/h2-5,11,17H,16H2,1H3. The van der Waals surface area contributed by atoms with Gasteiger partial charge in [0.1, 0.15) is 0 Å². The molecule has 96 valence electrons. The molecule has 2 aromatic rings. The Morgan fingerprint density at radius 1 is 1.33 bits per heavy atom. The van der Waals surface area contributed by atoms with E-state index in [-0.39, 0.29) is 6.04 Å². The van der Waals surface area contributed by atoms with Crippen LogP contribution in [0.4, 0.5) is 0 Å². The van der Waals surface area contributed by atoms with Crippen LogP contribution in [-0.2, 0) is 0 Å². The van der Waals surface area contributed by atoms with Gasteiger partial charge in [0.15, 0.2) is 0 Å². The Morgan fingerprint density at radius 3 is 2.61 bits per heavy atom. The average Bonchev–Trinajstić information content (AvgIpc) is 2.65. The van der Waals surface area contributed by atoms with Crippen molar-refractivity contribution < 1.29 is 0 Å². The maximum atomic E-state index is 6.20. The molecule has 1 aromatic carbocycles. The smallest absolute Gasteiger partial charge is 0.0817 e. The fraction of sp³-hybridized carbons (Fsp3) is 0.167. The van der Waals surface area contributed by atoms with Crippen LogP contribution in [0, 0.1) is 6.92 Å². The highest BCUT2D eigenvalue weighted by Crippen LogP contribution is 2.36. The van der Waals surface area contributed by atoms with E-state index in [1.54, 1.807) is 23.5 Å². The average molecular weight is 366 g/mol. The minimum absolute atomic E-state index is 0.161. The van der Waals surface area contributed by atoms with Gasteiger partial charge in [-0.2, -0.15) is 0 Å². The number of rotatable bonds is 3. The Kier molecular flexibility index (Phi) is 4.69. The van der Waals surface area contributed by atoms with Gasteiger partial charge in [-0.3, -0.25) is 5.84 Å². The van der Waals surface area contributed by atoms with E-state index in [4.69, 9.17) is 29.0 Å². The summed E-state index contributed by atoms with van der Waals surface area (Å²) >= 11 is 17.4. The van der Waals surface area contributed by atoms with E-state index in [1.165, 1.54) is 5.56 Å². The molecule has 3 N–H and O–H groups in total. The molecular formula is C12H11BrCl2N2S. The molecule has 1 aromatic heterocycles. The predicted octanol–water partition coefficient (Wildman–Crippen LogP) is 4.68. The zero-order valence-electron chi connectivity index (χ0n) is 9.51. The summed E-state index contributed by atoms with van der Waals surface area (Å²) in [6.45, 7) is 2.04. The summed E-state index contributed by atoms with van der Waals surface area (Å²) in [5.74, 6) is 5.65. The van der Waals surface area contributed by atoms with E-state index < -0.39 is 0 Å². The van der Waals surface area contributed by atoms with Crippen LogP contribution in [0.15, 0.2) is 28.1 Å². The van der Waals surface area contributed by atoms with Gasteiger partial charge in [0.2, 0.25) is 0 Å². The number of halogens is 3. The second-order valence-corrected chi connectivity index (χ2v) is 7.12. The summed E-state index contributed by atoms with van der Waals surface area (Å²) < 4.78 is 1.09. The molecule has 0 aliphatic carbocycles. The molecule has 1 unspecified atom stereocenters. The van der Waals surface area contributed by atoms with Gasteiger partial charge in [-0.05, 0) is 58.2 Å². The number of hydrogen-bond acceptors (Lipinski definition) is 3. The van der Waals surface area contributed by atoms with Crippen molar-refractivity contribution in [2.24, 2.45) is 5.84 Å². The third-order valence-electron chi connectivity index (χ3n) is 2.60. The van der Waals surface area contributed by atoms with Crippen molar-refractivity contribution in [3.05, 3.63) is 54.1 Å². The van der Waals surface area contributed by atoms with E-state index in [2.05, 4.69) is 27.4 Å². The first-order valence-electron chi connectivity index (χ1n) is 5.20. The lowest BCUT2D eigenvalue weighted by Crippen LogP contribution is -2.28. The van der Waals surface area contributed by atoms with Gasteiger partial charge >= 0.3 is 0 Å². The summed E-state index contributed by atoms with van der Waals surface area (Å²) in [7, 11) is 0. The summed E-state index contributed by atoms with van der Waals surface area (Å²) in [5.41, 5.74) is 4.84. The first-order valence-corrected chi connectivity index (χ1v) is 7.56. The molecule has 2 nitrogen and oxygen atoms in total. The number of thiophene rings is 1. The molecule has 18 heavy (non-hydrogen) atoms. The number of nitrogens with one attached hydrogen (secondary N) is 1. The van der Waals surface area contributed by atoms with Crippen LogP contribution in [0.25, 0.3) is 0 Å². The lowest BCUT2D eigenvalue weighted by atomic mass is 10.1. The molecule has 0 saturated heterocycles. The Bertz CT molecular complexity index is 552. The van der Waals surface area contributed by atoms with Crippen LogP contribution < -0.4 is 11.3 Å². The maximum Gasteiger partial charge on any atom is 0.0817 e. The van der Waals surface area contributed by atoms with Crippen molar-refractivity contribution in [1.29, 1.82) is 0 Å². The zero-order valence-corrected chi connectivity index (χ0v) is 13.4. The lowest BCUT2D eigenvalue weighted by Gasteiger charge is -2.16. The monoisotopic (exact) mass is 364 g/mol. The van der Waals surface area contributed by atoms with Crippen LogP contribution in [0.1, 0.15) is 22.0 Å². The first kappa shape index (κ1) is 14.3. The molecule has 0 amide bonds. The summed E-state index contributed by atoms with van der Waals surface area (Å²) in [6.07, 6.45) is 0. The second-order valence-electron chi connectivity index (χ2n) is 3.87. The van der Waals surface area contributed by atoms with Crippen molar-refractivity contribution in [1.82, 2.24) is 5.43 Å². The van der Waals surface area contributed by atoms with Gasteiger partial charge in [-0.15, -0.1) is 11.3 Å². The fourth-order valence-electron chi connectivity index (χ4n) is 1.69.